The average Bonchev–Trinajstić information content (AvgIpc) is 3.35. The number of hydrogen-bond donors (Lipinski definition) is 2. The van der Waals surface area contributed by atoms with Crippen LogP contribution < -0.4 is 5.73 Å². The fourth-order valence-electron chi connectivity index (χ4n) is 3.22. The molecular formula is C22H22N2OS3. The topological polar surface area (TPSA) is 59.1 Å². The van der Waals surface area contributed by atoms with Crippen LogP contribution in [0, 0.1) is 6.26 Å². The molecule has 0 saturated carbocycles. The number of hydrogen-bond acceptors (Lipinski definition) is 5. The van der Waals surface area contributed by atoms with Crippen LogP contribution in [0.25, 0.3) is 31.9 Å². The van der Waals surface area contributed by atoms with Crippen molar-refractivity contribution in [2.75, 3.05) is 11.5 Å². The predicted molar refractivity (Wildman–Crippen MR) is 125 cm³/mol. The highest BCUT2D eigenvalue weighted by molar-refractivity contribution is 8.31. The molecule has 0 aliphatic heterocycles. The number of nitrogen functional groups attached to an aromatic ring is 1. The summed E-state index contributed by atoms with van der Waals surface area (Å²) in [5.74, 6) is 0.555. The van der Waals surface area contributed by atoms with Crippen molar-refractivity contribution in [3.8, 4) is 21.7 Å². The fraction of sp³-hybridized carbons (Fsp3) is 0.182. The second-order valence-corrected chi connectivity index (χ2v) is 11.2. The number of nitrogens with zero attached hydrogens (tertiary/aromatic N) is 1. The van der Waals surface area contributed by atoms with Crippen LogP contribution in [-0.2, 0) is 0 Å². The van der Waals surface area contributed by atoms with Crippen molar-refractivity contribution >= 4 is 48.9 Å². The summed E-state index contributed by atoms with van der Waals surface area (Å²) in [6.07, 6.45) is 8.20. The molecule has 4 rings (SSSR count). The average molecular weight is 427 g/mol. The maximum absolute atomic E-state index is 11.0. The van der Waals surface area contributed by atoms with Crippen molar-refractivity contribution in [2.45, 2.75) is 24.0 Å². The Kier molecular flexibility index (Phi) is 5.47. The van der Waals surface area contributed by atoms with E-state index in [0.717, 1.165) is 44.8 Å². The zero-order valence-electron chi connectivity index (χ0n) is 15.6. The molecule has 28 heavy (non-hydrogen) atoms. The maximum Gasteiger partial charge on any atom is 0.127 e. The van der Waals surface area contributed by atoms with Gasteiger partial charge in [-0.05, 0) is 35.1 Å². The second kappa shape index (κ2) is 7.87. The molecule has 144 valence electrons. The molecule has 1 unspecified atom stereocenters. The summed E-state index contributed by atoms with van der Waals surface area (Å²) < 4.78 is 11.7. The van der Waals surface area contributed by atoms with E-state index in [1.54, 1.807) is 11.3 Å². The molecule has 1 atom stereocenters. The van der Waals surface area contributed by atoms with E-state index in [4.69, 9.17) is 17.0 Å². The van der Waals surface area contributed by atoms with E-state index in [2.05, 4.69) is 31.2 Å². The van der Waals surface area contributed by atoms with Gasteiger partial charge in [-0.1, -0.05) is 60.1 Å². The lowest BCUT2D eigenvalue weighted by atomic mass is 10.0. The van der Waals surface area contributed by atoms with E-state index < -0.39 is 10.3 Å². The monoisotopic (exact) mass is 426 g/mol. The number of benzene rings is 1. The summed E-state index contributed by atoms with van der Waals surface area (Å²) in [4.78, 5) is 6.80. The van der Waals surface area contributed by atoms with Crippen LogP contribution in [0.15, 0.2) is 58.1 Å². The molecule has 0 aliphatic rings. The Morgan fingerprint density at radius 3 is 2.64 bits per heavy atom. The third-order valence-electron chi connectivity index (χ3n) is 4.65. The van der Waals surface area contributed by atoms with Crippen LogP contribution in [0.4, 0.5) is 5.69 Å². The summed E-state index contributed by atoms with van der Waals surface area (Å²) in [5, 5.41) is 2.94. The number of aromatic nitrogens is 1. The van der Waals surface area contributed by atoms with Crippen LogP contribution in [-0.4, -0.2) is 15.3 Å². The van der Waals surface area contributed by atoms with Gasteiger partial charge >= 0.3 is 0 Å². The first-order valence-corrected chi connectivity index (χ1v) is 12.7. The van der Waals surface area contributed by atoms with Crippen molar-refractivity contribution in [1.29, 1.82) is 0 Å². The lowest BCUT2D eigenvalue weighted by Crippen LogP contribution is -2.01. The Morgan fingerprint density at radius 2 is 1.96 bits per heavy atom. The number of nitrogens with two attached hydrogens (primary N) is 1. The highest BCUT2D eigenvalue weighted by atomic mass is 32.3. The van der Waals surface area contributed by atoms with E-state index in [1.807, 2.05) is 29.6 Å². The van der Waals surface area contributed by atoms with Crippen LogP contribution in [0.3, 0.4) is 0 Å². The largest absolute Gasteiger partial charge is 0.397 e. The molecule has 0 fully saturated rings. The number of rotatable bonds is 6. The first-order valence-electron chi connectivity index (χ1n) is 9.15. The molecule has 3 aromatic heterocycles. The number of anilines is 1. The van der Waals surface area contributed by atoms with E-state index in [9.17, 15) is 4.55 Å². The molecule has 2 radical (unpaired) electrons. The van der Waals surface area contributed by atoms with E-state index in [0.29, 0.717) is 15.6 Å². The van der Waals surface area contributed by atoms with E-state index in [1.165, 1.54) is 11.3 Å². The summed E-state index contributed by atoms with van der Waals surface area (Å²) in [5.41, 5.74) is 10.1. The lowest BCUT2D eigenvalue weighted by molar-refractivity contribution is 0.631. The SMILES string of the molecule is [CH]S(O)(CCCC)c1sc2nc(-c3cccs3)cc(-c3ccccc3)c2c1N. The van der Waals surface area contributed by atoms with E-state index in [-0.39, 0.29) is 0 Å². The standard InChI is InChI=1S/C22H22N2OS3/c1-3-4-13-28(2,25)22-20(23)19-16(15-9-6-5-7-10-15)14-17(24-21(19)27-22)18-11-8-12-26-18/h2,5-12,14,25H,3-4,13,23H2,1H3. The van der Waals surface area contributed by atoms with Crippen molar-refractivity contribution in [1.82, 2.24) is 4.98 Å². The van der Waals surface area contributed by atoms with Gasteiger partial charge < -0.3 is 10.3 Å². The zero-order chi connectivity index (χ0) is 19.7. The van der Waals surface area contributed by atoms with Crippen LogP contribution in [0.1, 0.15) is 19.8 Å². The second-order valence-electron chi connectivity index (χ2n) is 6.69. The van der Waals surface area contributed by atoms with Gasteiger partial charge in [0.05, 0.1) is 20.5 Å². The Hall–Kier alpha value is -1.86. The van der Waals surface area contributed by atoms with Gasteiger partial charge in [0.25, 0.3) is 0 Å². The Bertz CT molecular complexity index is 1090. The molecule has 3 N–H and O–H groups in total. The Balaban J connectivity index is 1.97. The molecule has 3 nitrogen and oxygen atoms in total. The molecule has 0 amide bonds. The maximum atomic E-state index is 11.0. The number of fused-ring (bicyclic) bond motifs is 1. The quantitative estimate of drug-likeness (QED) is 0.338. The first-order chi connectivity index (χ1) is 13.5. The van der Waals surface area contributed by atoms with Crippen LogP contribution in [0.2, 0.25) is 0 Å². The van der Waals surface area contributed by atoms with Crippen molar-refractivity contribution in [3.05, 3.63) is 60.2 Å². The van der Waals surface area contributed by atoms with Gasteiger partial charge in [0.2, 0.25) is 0 Å². The summed E-state index contributed by atoms with van der Waals surface area (Å²) in [6, 6.07) is 16.4. The molecule has 0 spiro atoms. The van der Waals surface area contributed by atoms with Crippen LogP contribution >= 0.6 is 33.0 Å². The van der Waals surface area contributed by atoms with Gasteiger partial charge in [0.15, 0.2) is 0 Å². The summed E-state index contributed by atoms with van der Waals surface area (Å²) in [7, 11) is -2.42. The zero-order valence-corrected chi connectivity index (χ0v) is 18.0. The minimum absolute atomic E-state index is 0.555. The molecule has 0 aliphatic carbocycles. The van der Waals surface area contributed by atoms with Gasteiger partial charge in [-0.2, -0.15) is 0 Å². The Labute approximate surface area is 175 Å². The van der Waals surface area contributed by atoms with Crippen molar-refractivity contribution in [3.63, 3.8) is 0 Å². The normalized spacial score (nSPS) is 14.8. The highest BCUT2D eigenvalue weighted by Crippen LogP contribution is 2.59. The predicted octanol–water partition coefficient (Wildman–Crippen LogP) is 7.38. The minimum Gasteiger partial charge on any atom is -0.397 e. The Morgan fingerprint density at radius 1 is 1.18 bits per heavy atom. The lowest BCUT2D eigenvalue weighted by Gasteiger charge is -2.27. The van der Waals surface area contributed by atoms with Crippen LogP contribution in [0.5, 0.6) is 0 Å². The molecule has 0 saturated heterocycles. The molecule has 0 bridgehead atoms. The number of unbranched alkanes of at least 4 members (excludes halogenated alkanes) is 1. The number of pyridine rings is 1. The highest BCUT2D eigenvalue weighted by Gasteiger charge is 2.27. The molecule has 4 aromatic rings. The summed E-state index contributed by atoms with van der Waals surface area (Å²) in [6.45, 7) is 2.09. The number of thiophene rings is 2. The molecule has 1 aromatic carbocycles. The molecule has 6 heteroatoms. The van der Waals surface area contributed by atoms with E-state index >= 15 is 0 Å². The summed E-state index contributed by atoms with van der Waals surface area (Å²) >= 11 is 3.09. The van der Waals surface area contributed by atoms with Gasteiger partial charge in [0.1, 0.15) is 4.83 Å². The molecule has 3 heterocycles. The van der Waals surface area contributed by atoms with Crippen molar-refractivity contribution in [2.24, 2.45) is 0 Å². The molecular weight excluding hydrogens is 404 g/mol. The smallest absolute Gasteiger partial charge is 0.127 e. The third kappa shape index (κ3) is 3.57. The van der Waals surface area contributed by atoms with Gasteiger partial charge in [-0.15, -0.1) is 22.7 Å². The van der Waals surface area contributed by atoms with Gasteiger partial charge in [-0.25, -0.2) is 4.98 Å². The fourth-order valence-corrected chi connectivity index (χ4v) is 7.22. The van der Waals surface area contributed by atoms with Crippen molar-refractivity contribution < 1.29 is 4.55 Å². The minimum atomic E-state index is -2.42. The van der Waals surface area contributed by atoms with Gasteiger partial charge in [0, 0.05) is 17.4 Å². The first kappa shape index (κ1) is 19.5. The van der Waals surface area contributed by atoms with Gasteiger partial charge in [-0.3, -0.25) is 0 Å². The third-order valence-corrected chi connectivity index (χ3v) is 9.33.